The Morgan fingerprint density at radius 3 is 2.34 bits per heavy atom. The highest BCUT2D eigenvalue weighted by atomic mass is 16.5. The van der Waals surface area contributed by atoms with Gasteiger partial charge in [-0.1, -0.05) is 66.2 Å². The summed E-state index contributed by atoms with van der Waals surface area (Å²) in [6, 6.07) is 20.3. The number of aryl methyl sites for hydroxylation is 1. The summed E-state index contributed by atoms with van der Waals surface area (Å²) in [5, 5.41) is 0. The molecule has 0 bridgehead atoms. The van der Waals surface area contributed by atoms with Crippen LogP contribution < -0.4 is 14.2 Å². The molecule has 0 unspecified atom stereocenters. The number of benzene rings is 3. The van der Waals surface area contributed by atoms with Gasteiger partial charge in [-0.2, -0.15) is 0 Å². The molecule has 0 radical (unpaired) electrons. The molecule has 0 saturated carbocycles. The third kappa shape index (κ3) is 4.60. The average molecular weight is 468 g/mol. The molecule has 0 amide bonds. The van der Waals surface area contributed by atoms with E-state index in [4.69, 9.17) is 14.2 Å². The van der Waals surface area contributed by atoms with E-state index in [1.807, 2.05) is 37.3 Å². The lowest BCUT2D eigenvalue weighted by atomic mass is 9.94. The highest BCUT2D eigenvalue weighted by Crippen LogP contribution is 2.49. The van der Waals surface area contributed by atoms with E-state index in [0.29, 0.717) is 28.6 Å². The molecule has 178 valence electrons. The van der Waals surface area contributed by atoms with Crippen molar-refractivity contribution in [2.45, 2.75) is 19.9 Å². The minimum atomic E-state index is -0.177. The zero-order chi connectivity index (χ0) is 24.4. The van der Waals surface area contributed by atoms with Crippen molar-refractivity contribution in [3.63, 3.8) is 0 Å². The predicted molar refractivity (Wildman–Crippen MR) is 138 cm³/mol. The van der Waals surface area contributed by atoms with Crippen LogP contribution >= 0.6 is 0 Å². The van der Waals surface area contributed by atoms with Crippen LogP contribution in [-0.2, 0) is 6.54 Å². The van der Waals surface area contributed by atoms with Gasteiger partial charge in [0.2, 0.25) is 5.78 Å². The largest absolute Gasteiger partial charge is 0.496 e. The van der Waals surface area contributed by atoms with Gasteiger partial charge in [0.1, 0.15) is 17.1 Å². The quantitative estimate of drug-likeness (QED) is 0.421. The van der Waals surface area contributed by atoms with Crippen LogP contribution in [-0.4, -0.2) is 38.0 Å². The fourth-order valence-electron chi connectivity index (χ4n) is 4.67. The van der Waals surface area contributed by atoms with Crippen molar-refractivity contribution >= 4 is 17.4 Å². The second kappa shape index (κ2) is 9.80. The number of allylic oxidation sites excluding steroid dienone is 1. The molecule has 0 N–H and O–H groups in total. The smallest absolute Gasteiger partial charge is 0.235 e. The summed E-state index contributed by atoms with van der Waals surface area (Å²) in [5.41, 5.74) is 5.78. The average Bonchev–Trinajstić information content (AvgIpc) is 3.21. The number of fused-ring (bicyclic) bond motifs is 1. The Kier molecular flexibility index (Phi) is 6.43. The molecule has 3 aromatic carbocycles. The fraction of sp³-hybridized carbons (Fsp3) is 0.233. The Morgan fingerprint density at radius 2 is 1.69 bits per heavy atom. The van der Waals surface area contributed by atoms with E-state index in [9.17, 15) is 4.79 Å². The van der Waals surface area contributed by atoms with E-state index in [1.165, 1.54) is 5.56 Å². The Morgan fingerprint density at radius 1 is 0.971 bits per heavy atom. The molecule has 35 heavy (non-hydrogen) atoms. The van der Waals surface area contributed by atoms with Gasteiger partial charge >= 0.3 is 0 Å². The second-order valence-corrected chi connectivity index (χ2v) is 8.91. The van der Waals surface area contributed by atoms with Crippen LogP contribution in [0.2, 0.25) is 0 Å². The van der Waals surface area contributed by atoms with Gasteiger partial charge in [0.25, 0.3) is 0 Å². The van der Waals surface area contributed by atoms with E-state index in [1.54, 1.807) is 26.4 Å². The van der Waals surface area contributed by atoms with Crippen LogP contribution in [0, 0.1) is 6.92 Å². The summed E-state index contributed by atoms with van der Waals surface area (Å²) in [4.78, 5) is 15.8. The third-order valence-electron chi connectivity index (χ3n) is 6.55. The summed E-state index contributed by atoms with van der Waals surface area (Å²) in [6.07, 6.45) is 4.83. The molecule has 5 heteroatoms. The molecule has 2 aliphatic heterocycles. The van der Waals surface area contributed by atoms with Gasteiger partial charge in [-0.3, -0.25) is 9.69 Å². The lowest BCUT2D eigenvalue weighted by Crippen LogP contribution is -2.28. The van der Waals surface area contributed by atoms with Crippen molar-refractivity contribution in [2.24, 2.45) is 0 Å². The Balaban J connectivity index is 1.49. The molecule has 5 rings (SSSR count). The monoisotopic (exact) mass is 467 g/mol. The van der Waals surface area contributed by atoms with Crippen molar-refractivity contribution in [1.29, 1.82) is 0 Å². The summed E-state index contributed by atoms with van der Waals surface area (Å²) < 4.78 is 17.6. The van der Waals surface area contributed by atoms with Crippen molar-refractivity contribution in [3.05, 3.63) is 100 Å². The summed E-state index contributed by atoms with van der Waals surface area (Å²) >= 11 is 0. The van der Waals surface area contributed by atoms with Crippen molar-refractivity contribution in [3.8, 4) is 17.2 Å². The molecular weight excluding hydrogens is 438 g/mol. The zero-order valence-electron chi connectivity index (χ0n) is 20.3. The van der Waals surface area contributed by atoms with E-state index < -0.39 is 0 Å². The maximum absolute atomic E-state index is 13.4. The van der Waals surface area contributed by atoms with E-state index in [0.717, 1.165) is 48.3 Å². The molecule has 0 saturated heterocycles. The summed E-state index contributed by atoms with van der Waals surface area (Å²) in [6.45, 7) is 4.66. The molecule has 2 heterocycles. The van der Waals surface area contributed by atoms with Gasteiger partial charge in [-0.05, 0) is 36.1 Å². The predicted octanol–water partition coefficient (Wildman–Crippen LogP) is 5.92. The normalized spacial score (nSPS) is 16.6. The first-order chi connectivity index (χ1) is 17.1. The standard InChI is InChI=1S/C30H29NO4/c1-20-9-11-21(12-10-20)17-26-29(32)28-25(34-3)18-24(33-2)27(30(28)35-26)23-13-15-31(16-14-23)19-22-7-5-4-6-8-22/h4-13,17-18H,14-16,19H2,1-3H3. The Labute approximate surface area is 206 Å². The maximum atomic E-state index is 13.4. The number of Topliss-reactive ketones (excluding diaryl/α,β-unsaturated/α-hetero) is 1. The number of ether oxygens (including phenoxy) is 3. The lowest BCUT2D eigenvalue weighted by molar-refractivity contribution is 0.101. The summed E-state index contributed by atoms with van der Waals surface area (Å²) in [5.74, 6) is 1.74. The van der Waals surface area contributed by atoms with E-state index in [2.05, 4.69) is 35.2 Å². The van der Waals surface area contributed by atoms with Gasteiger partial charge in [0.15, 0.2) is 11.5 Å². The molecule has 0 atom stereocenters. The number of ketones is 1. The van der Waals surface area contributed by atoms with Crippen LogP contribution in [0.5, 0.6) is 17.2 Å². The molecular formula is C30H29NO4. The van der Waals surface area contributed by atoms with Crippen LogP contribution in [0.1, 0.15) is 39.0 Å². The molecule has 2 aliphatic rings. The molecule has 0 spiro atoms. The number of carbonyl (C=O) groups is 1. The topological polar surface area (TPSA) is 48.0 Å². The van der Waals surface area contributed by atoms with E-state index in [-0.39, 0.29) is 5.78 Å². The summed E-state index contributed by atoms with van der Waals surface area (Å²) in [7, 11) is 3.20. The van der Waals surface area contributed by atoms with Crippen LogP contribution in [0.3, 0.4) is 0 Å². The number of hydrogen-bond donors (Lipinski definition) is 0. The second-order valence-electron chi connectivity index (χ2n) is 8.91. The number of nitrogens with zero attached hydrogens (tertiary/aromatic N) is 1. The number of hydrogen-bond acceptors (Lipinski definition) is 5. The third-order valence-corrected chi connectivity index (χ3v) is 6.55. The van der Waals surface area contributed by atoms with Gasteiger partial charge in [-0.15, -0.1) is 0 Å². The maximum Gasteiger partial charge on any atom is 0.235 e. The fourth-order valence-corrected chi connectivity index (χ4v) is 4.67. The van der Waals surface area contributed by atoms with Crippen LogP contribution in [0.4, 0.5) is 0 Å². The van der Waals surface area contributed by atoms with Gasteiger partial charge in [0, 0.05) is 25.7 Å². The van der Waals surface area contributed by atoms with Crippen molar-refractivity contribution in [2.75, 3.05) is 27.3 Å². The van der Waals surface area contributed by atoms with Crippen LogP contribution in [0.15, 0.2) is 72.5 Å². The zero-order valence-corrected chi connectivity index (χ0v) is 20.3. The highest BCUT2D eigenvalue weighted by Gasteiger charge is 2.36. The SMILES string of the molecule is COc1cc(OC)c(C2=CCN(Cc3ccccc3)CC2)c2c1C(=O)C(=Cc1ccc(C)cc1)O2. The first-order valence-electron chi connectivity index (χ1n) is 11.8. The molecule has 0 aromatic heterocycles. The number of rotatable bonds is 6. The molecule has 5 nitrogen and oxygen atoms in total. The van der Waals surface area contributed by atoms with Crippen molar-refractivity contribution in [1.82, 2.24) is 4.90 Å². The van der Waals surface area contributed by atoms with Gasteiger partial charge in [-0.25, -0.2) is 0 Å². The molecule has 0 fully saturated rings. The van der Waals surface area contributed by atoms with Crippen molar-refractivity contribution < 1.29 is 19.0 Å². The van der Waals surface area contributed by atoms with Gasteiger partial charge < -0.3 is 14.2 Å². The Bertz CT molecular complexity index is 1310. The number of methoxy groups -OCH3 is 2. The first-order valence-corrected chi connectivity index (χ1v) is 11.8. The highest BCUT2D eigenvalue weighted by molar-refractivity contribution is 6.17. The lowest BCUT2D eigenvalue weighted by Gasteiger charge is -2.27. The first kappa shape index (κ1) is 22.9. The Hall–Kier alpha value is -3.83. The minimum Gasteiger partial charge on any atom is -0.496 e. The minimum absolute atomic E-state index is 0.177. The van der Waals surface area contributed by atoms with E-state index >= 15 is 0 Å². The van der Waals surface area contributed by atoms with Crippen LogP contribution in [0.25, 0.3) is 11.6 Å². The number of carbonyl (C=O) groups excluding carboxylic acids is 1. The van der Waals surface area contributed by atoms with Gasteiger partial charge in [0.05, 0.1) is 19.8 Å². The molecule has 3 aromatic rings. The molecule has 0 aliphatic carbocycles.